The highest BCUT2D eigenvalue weighted by Crippen LogP contribution is 2.17. The lowest BCUT2D eigenvalue weighted by molar-refractivity contribution is -0.133. The first-order valence-electron chi connectivity index (χ1n) is 7.85. The summed E-state index contributed by atoms with van der Waals surface area (Å²) in [6.45, 7) is 3.51. The van der Waals surface area contributed by atoms with E-state index >= 15 is 0 Å². The SMILES string of the molecule is Cc1noc(CCCC(=O)N2CCCC(CNS(C)(=O)=O)C2)n1. The molecule has 1 amide bonds. The molecule has 0 spiro atoms. The first-order valence-corrected chi connectivity index (χ1v) is 9.74. The van der Waals surface area contributed by atoms with E-state index in [9.17, 15) is 13.2 Å². The van der Waals surface area contributed by atoms with Crippen LogP contribution in [0.2, 0.25) is 0 Å². The minimum absolute atomic E-state index is 0.102. The van der Waals surface area contributed by atoms with Crippen molar-refractivity contribution in [3.8, 4) is 0 Å². The first-order chi connectivity index (χ1) is 10.8. The lowest BCUT2D eigenvalue weighted by atomic mass is 9.98. The number of rotatable bonds is 7. The zero-order valence-electron chi connectivity index (χ0n) is 13.6. The fourth-order valence-corrected chi connectivity index (χ4v) is 3.26. The van der Waals surface area contributed by atoms with E-state index in [1.54, 1.807) is 6.92 Å². The van der Waals surface area contributed by atoms with Crippen molar-refractivity contribution in [1.82, 2.24) is 19.8 Å². The van der Waals surface area contributed by atoms with Crippen LogP contribution in [0.25, 0.3) is 0 Å². The predicted octanol–water partition coefficient (Wildman–Crippen LogP) is 0.489. The molecular weight excluding hydrogens is 320 g/mol. The Morgan fingerprint density at radius 2 is 2.26 bits per heavy atom. The molecule has 1 atom stereocenters. The molecule has 0 radical (unpaired) electrons. The summed E-state index contributed by atoms with van der Waals surface area (Å²) in [4.78, 5) is 18.2. The number of aromatic nitrogens is 2. The van der Waals surface area contributed by atoms with E-state index in [-0.39, 0.29) is 11.8 Å². The van der Waals surface area contributed by atoms with Gasteiger partial charge in [0.2, 0.25) is 21.8 Å². The van der Waals surface area contributed by atoms with Crippen LogP contribution in [0, 0.1) is 12.8 Å². The minimum Gasteiger partial charge on any atom is -0.342 e. The quantitative estimate of drug-likeness (QED) is 0.772. The van der Waals surface area contributed by atoms with Gasteiger partial charge in [0.1, 0.15) is 0 Å². The molecule has 9 heteroatoms. The third-order valence-corrected chi connectivity index (χ3v) is 4.55. The van der Waals surface area contributed by atoms with Crippen LogP contribution in [-0.2, 0) is 21.2 Å². The molecular formula is C14H24N4O4S. The molecule has 0 bridgehead atoms. The average Bonchev–Trinajstić information content (AvgIpc) is 2.90. The third-order valence-electron chi connectivity index (χ3n) is 3.86. The smallest absolute Gasteiger partial charge is 0.226 e. The second kappa shape index (κ2) is 7.87. The highest BCUT2D eigenvalue weighted by atomic mass is 32.2. The zero-order chi connectivity index (χ0) is 16.9. The Balaban J connectivity index is 1.73. The number of hydrogen-bond donors (Lipinski definition) is 1. The van der Waals surface area contributed by atoms with Crippen LogP contribution >= 0.6 is 0 Å². The van der Waals surface area contributed by atoms with E-state index in [4.69, 9.17) is 4.52 Å². The number of hydrogen-bond acceptors (Lipinski definition) is 6. The van der Waals surface area contributed by atoms with Crippen LogP contribution in [-0.4, -0.2) is 55.3 Å². The minimum atomic E-state index is -3.18. The molecule has 1 saturated heterocycles. The van der Waals surface area contributed by atoms with Gasteiger partial charge in [-0.15, -0.1) is 0 Å². The molecule has 1 unspecified atom stereocenters. The van der Waals surface area contributed by atoms with Crippen molar-refractivity contribution in [2.24, 2.45) is 5.92 Å². The summed E-state index contributed by atoms with van der Waals surface area (Å²) in [5.74, 6) is 1.44. The lowest BCUT2D eigenvalue weighted by Gasteiger charge is -2.32. The van der Waals surface area contributed by atoms with E-state index in [1.807, 2.05) is 4.90 Å². The topological polar surface area (TPSA) is 105 Å². The maximum Gasteiger partial charge on any atom is 0.226 e. The lowest BCUT2D eigenvalue weighted by Crippen LogP contribution is -2.43. The largest absolute Gasteiger partial charge is 0.342 e. The van der Waals surface area contributed by atoms with Crippen molar-refractivity contribution in [3.05, 3.63) is 11.7 Å². The number of piperidine rings is 1. The Morgan fingerprint density at radius 3 is 2.91 bits per heavy atom. The van der Waals surface area contributed by atoms with Gasteiger partial charge in [-0.3, -0.25) is 4.79 Å². The summed E-state index contributed by atoms with van der Waals surface area (Å²) in [6, 6.07) is 0. The van der Waals surface area contributed by atoms with Crippen LogP contribution in [0.15, 0.2) is 4.52 Å². The van der Waals surface area contributed by atoms with Gasteiger partial charge in [-0.1, -0.05) is 5.16 Å². The van der Waals surface area contributed by atoms with Crippen molar-refractivity contribution in [3.63, 3.8) is 0 Å². The molecule has 1 aliphatic rings. The molecule has 1 fully saturated rings. The van der Waals surface area contributed by atoms with Gasteiger partial charge in [0.15, 0.2) is 5.82 Å². The summed E-state index contributed by atoms with van der Waals surface area (Å²) < 4.78 is 29.9. The highest BCUT2D eigenvalue weighted by molar-refractivity contribution is 7.88. The number of likely N-dealkylation sites (tertiary alicyclic amines) is 1. The Kier molecular flexibility index (Phi) is 6.11. The van der Waals surface area contributed by atoms with Crippen molar-refractivity contribution in [2.45, 2.75) is 39.0 Å². The van der Waals surface area contributed by atoms with Crippen LogP contribution in [0.1, 0.15) is 37.4 Å². The summed E-state index contributed by atoms with van der Waals surface area (Å²) in [5.41, 5.74) is 0. The van der Waals surface area contributed by atoms with E-state index in [2.05, 4.69) is 14.9 Å². The number of aryl methyl sites for hydroxylation is 2. The third kappa shape index (κ3) is 6.26. The summed E-state index contributed by atoms with van der Waals surface area (Å²) in [7, 11) is -3.18. The fourth-order valence-electron chi connectivity index (χ4n) is 2.72. The Bertz CT molecular complexity index is 628. The van der Waals surface area contributed by atoms with Crippen molar-refractivity contribution in [2.75, 3.05) is 25.9 Å². The van der Waals surface area contributed by atoms with Gasteiger partial charge in [0.25, 0.3) is 0 Å². The van der Waals surface area contributed by atoms with Gasteiger partial charge in [0, 0.05) is 32.5 Å². The predicted molar refractivity (Wildman–Crippen MR) is 84.1 cm³/mol. The molecule has 0 aliphatic carbocycles. The van der Waals surface area contributed by atoms with Crippen molar-refractivity contribution in [1.29, 1.82) is 0 Å². The average molecular weight is 344 g/mol. The maximum atomic E-state index is 12.3. The van der Waals surface area contributed by atoms with E-state index in [0.717, 1.165) is 25.6 Å². The summed E-state index contributed by atoms with van der Waals surface area (Å²) in [6.07, 6.45) is 4.70. The molecule has 130 valence electrons. The van der Waals surface area contributed by atoms with Gasteiger partial charge in [-0.25, -0.2) is 13.1 Å². The van der Waals surface area contributed by atoms with Crippen LogP contribution < -0.4 is 4.72 Å². The molecule has 1 aliphatic heterocycles. The van der Waals surface area contributed by atoms with Gasteiger partial charge >= 0.3 is 0 Å². The monoisotopic (exact) mass is 344 g/mol. The zero-order valence-corrected chi connectivity index (χ0v) is 14.4. The number of sulfonamides is 1. The van der Waals surface area contributed by atoms with Crippen LogP contribution in [0.3, 0.4) is 0 Å². The standard InChI is InChI=1S/C14H24N4O4S/c1-11-16-13(22-17-11)6-3-7-14(19)18-8-4-5-12(10-18)9-15-23(2,20)21/h12,15H,3-10H2,1-2H3. The molecule has 0 saturated carbocycles. The van der Waals surface area contributed by atoms with Gasteiger partial charge in [-0.2, -0.15) is 4.98 Å². The fraction of sp³-hybridized carbons (Fsp3) is 0.786. The molecule has 2 heterocycles. The molecule has 8 nitrogen and oxygen atoms in total. The number of nitrogens with one attached hydrogen (secondary N) is 1. The van der Waals surface area contributed by atoms with Gasteiger partial charge < -0.3 is 9.42 Å². The highest BCUT2D eigenvalue weighted by Gasteiger charge is 2.24. The van der Waals surface area contributed by atoms with Crippen LogP contribution in [0.4, 0.5) is 0 Å². The second-order valence-electron chi connectivity index (χ2n) is 6.06. The van der Waals surface area contributed by atoms with E-state index in [1.165, 1.54) is 0 Å². The van der Waals surface area contributed by atoms with Gasteiger partial charge in [0.05, 0.1) is 6.26 Å². The molecule has 23 heavy (non-hydrogen) atoms. The first kappa shape index (κ1) is 17.9. The number of amides is 1. The molecule has 1 N–H and O–H groups in total. The Labute approximate surface area is 136 Å². The molecule has 2 rings (SSSR count). The van der Waals surface area contributed by atoms with E-state index in [0.29, 0.717) is 44.1 Å². The van der Waals surface area contributed by atoms with Crippen molar-refractivity contribution < 1.29 is 17.7 Å². The number of carbonyl (C=O) groups excluding carboxylic acids is 1. The number of nitrogens with zero attached hydrogens (tertiary/aromatic N) is 3. The van der Waals surface area contributed by atoms with Crippen LogP contribution in [0.5, 0.6) is 0 Å². The van der Waals surface area contributed by atoms with E-state index < -0.39 is 10.0 Å². The summed E-state index contributed by atoms with van der Waals surface area (Å²) >= 11 is 0. The Hall–Kier alpha value is -1.48. The number of carbonyl (C=O) groups is 1. The molecule has 1 aromatic heterocycles. The maximum absolute atomic E-state index is 12.3. The summed E-state index contributed by atoms with van der Waals surface area (Å²) in [5, 5.41) is 3.72. The normalized spacial score (nSPS) is 19.0. The second-order valence-corrected chi connectivity index (χ2v) is 7.89. The van der Waals surface area contributed by atoms with Gasteiger partial charge in [-0.05, 0) is 32.1 Å². The Morgan fingerprint density at radius 1 is 1.48 bits per heavy atom. The van der Waals surface area contributed by atoms with Crippen molar-refractivity contribution >= 4 is 15.9 Å². The molecule has 1 aromatic rings. The molecule has 0 aromatic carbocycles.